The molecular formula is C15H18N2O4S. The minimum atomic E-state index is -3.69. The Morgan fingerprint density at radius 3 is 2.50 bits per heavy atom. The Bertz CT molecular complexity index is 707. The van der Waals surface area contributed by atoms with Crippen molar-refractivity contribution in [2.45, 2.75) is 24.8 Å². The van der Waals surface area contributed by atoms with Crippen molar-refractivity contribution in [3.8, 4) is 0 Å². The van der Waals surface area contributed by atoms with Gasteiger partial charge in [0.1, 0.15) is 5.76 Å². The fourth-order valence-electron chi connectivity index (χ4n) is 1.81. The van der Waals surface area contributed by atoms with E-state index in [9.17, 15) is 13.2 Å². The number of hydrogen-bond acceptors (Lipinski definition) is 4. The molecule has 1 aromatic heterocycles. The number of furan rings is 1. The van der Waals surface area contributed by atoms with Crippen molar-refractivity contribution < 1.29 is 17.6 Å². The molecule has 0 aliphatic heterocycles. The molecule has 0 aliphatic carbocycles. The first-order valence-corrected chi connectivity index (χ1v) is 8.37. The zero-order chi connectivity index (χ0) is 16.0. The first-order valence-electron chi connectivity index (χ1n) is 6.89. The van der Waals surface area contributed by atoms with Crippen molar-refractivity contribution in [2.75, 3.05) is 6.54 Å². The number of rotatable bonds is 7. The van der Waals surface area contributed by atoms with Gasteiger partial charge in [0.05, 0.1) is 24.2 Å². The normalized spacial score (nSPS) is 11.3. The average molecular weight is 322 g/mol. The number of carbonyl (C=O) groups is 1. The zero-order valence-electron chi connectivity index (χ0n) is 12.2. The van der Waals surface area contributed by atoms with E-state index >= 15 is 0 Å². The summed E-state index contributed by atoms with van der Waals surface area (Å²) in [6.07, 6.45) is 2.34. The van der Waals surface area contributed by atoms with Gasteiger partial charge in [-0.15, -0.1) is 0 Å². The number of sulfonamides is 1. The van der Waals surface area contributed by atoms with Gasteiger partial charge in [0.2, 0.25) is 15.9 Å². The van der Waals surface area contributed by atoms with Gasteiger partial charge in [-0.05, 0) is 36.2 Å². The molecular weight excluding hydrogens is 304 g/mol. The summed E-state index contributed by atoms with van der Waals surface area (Å²) < 4.78 is 31.5. The largest absolute Gasteiger partial charge is 0.467 e. The van der Waals surface area contributed by atoms with Crippen LogP contribution < -0.4 is 10.0 Å². The molecule has 0 saturated carbocycles. The standard InChI is InChI=1S/C15H18N2O4S/c1-2-12-5-7-14(8-6-12)22(19,20)17-11-15(18)16-10-13-4-3-9-21-13/h3-9,17H,2,10-11H2,1H3,(H,16,18). The highest BCUT2D eigenvalue weighted by atomic mass is 32.2. The van der Waals surface area contributed by atoms with Crippen molar-refractivity contribution in [2.24, 2.45) is 0 Å². The van der Waals surface area contributed by atoms with E-state index in [0.29, 0.717) is 5.76 Å². The highest BCUT2D eigenvalue weighted by molar-refractivity contribution is 7.89. The van der Waals surface area contributed by atoms with Gasteiger partial charge < -0.3 is 9.73 Å². The van der Waals surface area contributed by atoms with Gasteiger partial charge in [0.15, 0.2) is 0 Å². The second-order valence-corrected chi connectivity index (χ2v) is 6.45. The summed E-state index contributed by atoms with van der Waals surface area (Å²) in [6.45, 7) is 1.89. The Kier molecular flexibility index (Phi) is 5.35. The molecule has 0 aliphatic rings. The van der Waals surface area contributed by atoms with Crippen molar-refractivity contribution in [1.29, 1.82) is 0 Å². The molecule has 2 N–H and O–H groups in total. The number of benzene rings is 1. The second kappa shape index (κ2) is 7.24. The lowest BCUT2D eigenvalue weighted by Crippen LogP contribution is -2.36. The Labute approximate surface area is 129 Å². The van der Waals surface area contributed by atoms with Crippen LogP contribution in [0.3, 0.4) is 0 Å². The van der Waals surface area contributed by atoms with Gasteiger partial charge >= 0.3 is 0 Å². The van der Waals surface area contributed by atoms with Crippen molar-refractivity contribution >= 4 is 15.9 Å². The maximum Gasteiger partial charge on any atom is 0.241 e. The number of hydrogen-bond donors (Lipinski definition) is 2. The van der Waals surface area contributed by atoms with E-state index in [0.717, 1.165) is 12.0 Å². The van der Waals surface area contributed by atoms with Crippen LogP contribution in [0.25, 0.3) is 0 Å². The molecule has 6 nitrogen and oxygen atoms in total. The average Bonchev–Trinajstić information content (AvgIpc) is 3.04. The van der Waals surface area contributed by atoms with Gasteiger partial charge in [0, 0.05) is 0 Å². The summed E-state index contributed by atoms with van der Waals surface area (Å²) >= 11 is 0. The molecule has 1 heterocycles. The first-order chi connectivity index (χ1) is 10.5. The summed E-state index contributed by atoms with van der Waals surface area (Å²) in [7, 11) is -3.69. The Hall–Kier alpha value is -2.12. The van der Waals surface area contributed by atoms with Crippen LogP contribution in [-0.2, 0) is 27.8 Å². The molecule has 118 valence electrons. The van der Waals surface area contributed by atoms with Crippen molar-refractivity contribution in [3.05, 3.63) is 54.0 Å². The van der Waals surface area contributed by atoms with E-state index in [-0.39, 0.29) is 18.0 Å². The summed E-state index contributed by atoms with van der Waals surface area (Å²) in [5, 5.41) is 2.57. The van der Waals surface area contributed by atoms with Crippen LogP contribution in [0.4, 0.5) is 0 Å². The summed E-state index contributed by atoms with van der Waals surface area (Å²) in [5.41, 5.74) is 1.05. The van der Waals surface area contributed by atoms with E-state index in [1.807, 2.05) is 6.92 Å². The SMILES string of the molecule is CCc1ccc(S(=O)(=O)NCC(=O)NCc2ccco2)cc1. The molecule has 0 radical (unpaired) electrons. The number of nitrogens with one attached hydrogen (secondary N) is 2. The monoisotopic (exact) mass is 322 g/mol. The topological polar surface area (TPSA) is 88.4 Å². The highest BCUT2D eigenvalue weighted by Crippen LogP contribution is 2.10. The van der Waals surface area contributed by atoms with Crippen LogP contribution in [0.15, 0.2) is 52.0 Å². The minimum Gasteiger partial charge on any atom is -0.467 e. The summed E-state index contributed by atoms with van der Waals surface area (Å²) in [6, 6.07) is 10.0. The van der Waals surface area contributed by atoms with Gasteiger partial charge in [0.25, 0.3) is 0 Å². The lowest BCUT2D eigenvalue weighted by atomic mass is 10.2. The fraction of sp³-hybridized carbons (Fsp3) is 0.267. The Balaban J connectivity index is 1.87. The van der Waals surface area contributed by atoms with Crippen LogP contribution in [0.1, 0.15) is 18.2 Å². The van der Waals surface area contributed by atoms with E-state index in [1.54, 1.807) is 24.3 Å². The predicted molar refractivity (Wildman–Crippen MR) is 81.6 cm³/mol. The van der Waals surface area contributed by atoms with Gasteiger partial charge in [-0.3, -0.25) is 4.79 Å². The third-order valence-electron chi connectivity index (χ3n) is 3.10. The minimum absolute atomic E-state index is 0.142. The van der Waals surface area contributed by atoms with Crippen LogP contribution in [-0.4, -0.2) is 20.9 Å². The molecule has 1 amide bonds. The van der Waals surface area contributed by atoms with Crippen LogP contribution in [0.2, 0.25) is 0 Å². The molecule has 2 aromatic rings. The van der Waals surface area contributed by atoms with Gasteiger partial charge in [-0.2, -0.15) is 0 Å². The van der Waals surface area contributed by atoms with E-state index in [4.69, 9.17) is 4.42 Å². The smallest absolute Gasteiger partial charge is 0.241 e. The Morgan fingerprint density at radius 2 is 1.91 bits per heavy atom. The second-order valence-electron chi connectivity index (χ2n) is 4.68. The molecule has 0 spiro atoms. The zero-order valence-corrected chi connectivity index (χ0v) is 13.0. The summed E-state index contributed by atoms with van der Waals surface area (Å²) in [5.74, 6) is 0.177. The molecule has 0 bridgehead atoms. The van der Waals surface area contributed by atoms with E-state index in [1.165, 1.54) is 18.4 Å². The lowest BCUT2D eigenvalue weighted by Gasteiger charge is -2.07. The number of amides is 1. The van der Waals surface area contributed by atoms with Gasteiger partial charge in [-0.25, -0.2) is 13.1 Å². The molecule has 0 unspecified atom stereocenters. The molecule has 0 fully saturated rings. The summed E-state index contributed by atoms with van der Waals surface area (Å²) in [4.78, 5) is 11.8. The van der Waals surface area contributed by atoms with Crippen LogP contribution >= 0.6 is 0 Å². The van der Waals surface area contributed by atoms with Crippen molar-refractivity contribution in [1.82, 2.24) is 10.0 Å². The molecule has 7 heteroatoms. The Morgan fingerprint density at radius 1 is 1.18 bits per heavy atom. The molecule has 1 aromatic carbocycles. The third kappa shape index (κ3) is 4.44. The number of aryl methyl sites for hydroxylation is 1. The van der Waals surface area contributed by atoms with Crippen LogP contribution in [0, 0.1) is 0 Å². The van der Waals surface area contributed by atoms with Gasteiger partial charge in [-0.1, -0.05) is 19.1 Å². The fourth-order valence-corrected chi connectivity index (χ4v) is 2.79. The first kappa shape index (κ1) is 16.3. The maximum absolute atomic E-state index is 12.1. The quantitative estimate of drug-likeness (QED) is 0.807. The third-order valence-corrected chi connectivity index (χ3v) is 4.52. The molecule has 0 saturated heterocycles. The highest BCUT2D eigenvalue weighted by Gasteiger charge is 2.15. The maximum atomic E-state index is 12.1. The molecule has 0 atom stereocenters. The molecule has 22 heavy (non-hydrogen) atoms. The van der Waals surface area contributed by atoms with Crippen LogP contribution in [0.5, 0.6) is 0 Å². The van der Waals surface area contributed by atoms with E-state index in [2.05, 4.69) is 10.0 Å². The molecule has 2 rings (SSSR count). The lowest BCUT2D eigenvalue weighted by molar-refractivity contribution is -0.120. The number of carbonyl (C=O) groups excluding carboxylic acids is 1. The van der Waals surface area contributed by atoms with Crippen molar-refractivity contribution in [3.63, 3.8) is 0 Å². The van der Waals surface area contributed by atoms with E-state index < -0.39 is 15.9 Å². The predicted octanol–water partition coefficient (Wildman–Crippen LogP) is 1.44.